The second-order valence-corrected chi connectivity index (χ2v) is 9.08. The second kappa shape index (κ2) is 10.6. The van der Waals surface area contributed by atoms with Crippen LogP contribution in [0.5, 0.6) is 0 Å². The standard InChI is InChI=1S/C24H38O5/c1-3-7-17(24(27)28-2)10-6-11-18-14-20-19(22(26)15-23(20)29-18)12-13-21(25)16-8-4-5-9-16/h11-13,16-17,19-23,25-26H,3-10,14-15H2,1-2H3/t17?,19-,20-,21-,22-,23-/m1/s1. The number of aliphatic hydroxyl groups is 2. The summed E-state index contributed by atoms with van der Waals surface area (Å²) in [5.41, 5.74) is 0. The van der Waals surface area contributed by atoms with Crippen LogP contribution in [-0.4, -0.2) is 41.6 Å². The Balaban J connectivity index is 1.52. The highest BCUT2D eigenvalue weighted by molar-refractivity contribution is 5.72. The van der Waals surface area contributed by atoms with Gasteiger partial charge in [-0.2, -0.15) is 0 Å². The van der Waals surface area contributed by atoms with Crippen molar-refractivity contribution in [1.29, 1.82) is 0 Å². The fraction of sp³-hybridized carbons (Fsp3) is 0.792. The van der Waals surface area contributed by atoms with Gasteiger partial charge in [-0.05, 0) is 44.1 Å². The average molecular weight is 407 g/mol. The first-order chi connectivity index (χ1) is 14.0. The van der Waals surface area contributed by atoms with Crippen LogP contribution in [0.15, 0.2) is 24.0 Å². The topological polar surface area (TPSA) is 76.0 Å². The monoisotopic (exact) mass is 406 g/mol. The Kier molecular flexibility index (Phi) is 8.19. The molecule has 1 aliphatic heterocycles. The minimum absolute atomic E-state index is 0.0441. The normalized spacial score (nSPS) is 33.2. The maximum atomic E-state index is 11.9. The van der Waals surface area contributed by atoms with Crippen molar-refractivity contribution in [2.24, 2.45) is 23.7 Å². The van der Waals surface area contributed by atoms with E-state index in [4.69, 9.17) is 9.47 Å². The van der Waals surface area contributed by atoms with Gasteiger partial charge in [0.2, 0.25) is 0 Å². The number of carbonyl (C=O) groups excluding carboxylic acids is 1. The molecule has 0 spiro atoms. The predicted molar refractivity (Wildman–Crippen MR) is 112 cm³/mol. The van der Waals surface area contributed by atoms with E-state index in [1.807, 2.05) is 12.2 Å². The molecule has 0 radical (unpaired) electrons. The van der Waals surface area contributed by atoms with Crippen LogP contribution >= 0.6 is 0 Å². The largest absolute Gasteiger partial charge is 0.495 e. The predicted octanol–water partition coefficient (Wildman–Crippen LogP) is 4.13. The van der Waals surface area contributed by atoms with Gasteiger partial charge in [-0.3, -0.25) is 4.79 Å². The molecule has 0 bridgehead atoms. The second-order valence-electron chi connectivity index (χ2n) is 9.08. The van der Waals surface area contributed by atoms with Gasteiger partial charge in [0.1, 0.15) is 6.10 Å². The fourth-order valence-corrected chi connectivity index (χ4v) is 5.42. The van der Waals surface area contributed by atoms with Gasteiger partial charge in [0.05, 0.1) is 31.0 Å². The molecule has 29 heavy (non-hydrogen) atoms. The summed E-state index contributed by atoms with van der Waals surface area (Å²) >= 11 is 0. The van der Waals surface area contributed by atoms with Crippen molar-refractivity contribution in [2.75, 3.05) is 7.11 Å². The first-order valence-electron chi connectivity index (χ1n) is 11.5. The molecule has 0 aromatic heterocycles. The number of hydrogen-bond acceptors (Lipinski definition) is 5. The number of ether oxygens (including phenoxy) is 2. The first-order valence-corrected chi connectivity index (χ1v) is 11.5. The summed E-state index contributed by atoms with van der Waals surface area (Å²) in [7, 11) is 1.45. The van der Waals surface area contributed by atoms with Gasteiger partial charge in [0.15, 0.2) is 0 Å². The summed E-state index contributed by atoms with van der Waals surface area (Å²) in [5.74, 6) is 1.52. The maximum Gasteiger partial charge on any atom is 0.308 e. The Bertz CT molecular complexity index is 592. The molecule has 0 aromatic carbocycles. The van der Waals surface area contributed by atoms with Crippen molar-refractivity contribution >= 4 is 5.97 Å². The number of rotatable bonds is 9. The quantitative estimate of drug-likeness (QED) is 0.445. The van der Waals surface area contributed by atoms with Gasteiger partial charge in [-0.25, -0.2) is 0 Å². The smallest absolute Gasteiger partial charge is 0.308 e. The summed E-state index contributed by atoms with van der Waals surface area (Å²) in [6.07, 6.45) is 14.8. The summed E-state index contributed by atoms with van der Waals surface area (Å²) < 4.78 is 11.0. The molecule has 1 unspecified atom stereocenters. The molecule has 3 fully saturated rings. The van der Waals surface area contributed by atoms with Crippen LogP contribution in [0.2, 0.25) is 0 Å². The highest BCUT2D eigenvalue weighted by Crippen LogP contribution is 2.45. The third-order valence-electron chi connectivity index (χ3n) is 7.10. The van der Waals surface area contributed by atoms with Crippen molar-refractivity contribution in [2.45, 2.75) is 89.4 Å². The zero-order valence-electron chi connectivity index (χ0n) is 18.0. The Morgan fingerprint density at radius 3 is 2.76 bits per heavy atom. The number of esters is 1. The number of fused-ring (bicyclic) bond motifs is 1. The van der Waals surface area contributed by atoms with E-state index >= 15 is 0 Å². The van der Waals surface area contributed by atoms with Crippen molar-refractivity contribution in [3.05, 3.63) is 24.0 Å². The zero-order valence-corrected chi connectivity index (χ0v) is 18.0. The Labute approximate surface area is 175 Å². The molecule has 3 rings (SSSR count). The first kappa shape index (κ1) is 22.4. The minimum atomic E-state index is -0.396. The lowest BCUT2D eigenvalue weighted by molar-refractivity contribution is -0.145. The van der Waals surface area contributed by atoms with E-state index in [9.17, 15) is 15.0 Å². The molecule has 1 heterocycles. The van der Waals surface area contributed by atoms with Gasteiger partial charge in [-0.15, -0.1) is 0 Å². The highest BCUT2D eigenvalue weighted by Gasteiger charge is 2.47. The lowest BCUT2D eigenvalue weighted by atomic mass is 9.89. The Hall–Kier alpha value is -1.33. The molecule has 2 aliphatic carbocycles. The number of carbonyl (C=O) groups is 1. The van der Waals surface area contributed by atoms with Crippen molar-refractivity contribution < 1.29 is 24.5 Å². The number of aliphatic hydroxyl groups excluding tert-OH is 2. The van der Waals surface area contributed by atoms with Crippen LogP contribution < -0.4 is 0 Å². The third-order valence-corrected chi connectivity index (χ3v) is 7.10. The van der Waals surface area contributed by atoms with Crippen molar-refractivity contribution in [1.82, 2.24) is 0 Å². The molecular weight excluding hydrogens is 368 g/mol. The van der Waals surface area contributed by atoms with E-state index in [1.165, 1.54) is 20.0 Å². The molecule has 1 saturated heterocycles. The van der Waals surface area contributed by atoms with E-state index < -0.39 is 12.2 Å². The summed E-state index contributed by atoms with van der Waals surface area (Å²) in [4.78, 5) is 11.9. The lowest BCUT2D eigenvalue weighted by Crippen LogP contribution is -2.20. The summed E-state index contributed by atoms with van der Waals surface area (Å²) in [5, 5.41) is 20.9. The fourth-order valence-electron chi connectivity index (χ4n) is 5.42. The SMILES string of the molecule is CCCC(CCC=C1C[C@@H]2[C@@H](C=C[C@@H](O)C3CCCC3)[C@H](O)C[C@H]2O1)C(=O)OC. The molecule has 0 amide bonds. The van der Waals surface area contributed by atoms with E-state index in [0.717, 1.165) is 50.7 Å². The lowest BCUT2D eigenvalue weighted by Gasteiger charge is -2.18. The van der Waals surface area contributed by atoms with Crippen molar-refractivity contribution in [3.63, 3.8) is 0 Å². The molecule has 0 aromatic rings. The molecule has 5 heteroatoms. The van der Waals surface area contributed by atoms with Gasteiger partial charge in [-0.1, -0.05) is 38.3 Å². The van der Waals surface area contributed by atoms with Crippen LogP contribution in [0.4, 0.5) is 0 Å². The molecule has 6 atom stereocenters. The van der Waals surface area contributed by atoms with Crippen LogP contribution in [0, 0.1) is 23.7 Å². The summed E-state index contributed by atoms with van der Waals surface area (Å²) in [6, 6.07) is 0. The van der Waals surface area contributed by atoms with Crippen molar-refractivity contribution in [3.8, 4) is 0 Å². The number of hydrogen-bond donors (Lipinski definition) is 2. The van der Waals surface area contributed by atoms with Crippen LogP contribution in [0.3, 0.4) is 0 Å². The van der Waals surface area contributed by atoms with E-state index in [1.54, 1.807) is 0 Å². The van der Waals surface area contributed by atoms with Crippen LogP contribution in [0.1, 0.15) is 71.1 Å². The maximum absolute atomic E-state index is 11.9. The van der Waals surface area contributed by atoms with E-state index in [-0.39, 0.29) is 29.8 Å². The number of methoxy groups -OCH3 is 1. The average Bonchev–Trinajstić information content (AvgIpc) is 3.42. The molecule has 3 aliphatic rings. The van der Waals surface area contributed by atoms with Crippen LogP contribution in [-0.2, 0) is 14.3 Å². The zero-order chi connectivity index (χ0) is 20.8. The van der Waals surface area contributed by atoms with Gasteiger partial charge >= 0.3 is 5.97 Å². The third kappa shape index (κ3) is 5.64. The van der Waals surface area contributed by atoms with Gasteiger partial charge in [0, 0.05) is 24.7 Å². The number of allylic oxidation sites excluding steroid dienone is 2. The molecule has 164 valence electrons. The molecular formula is C24H38O5. The van der Waals surface area contributed by atoms with E-state index in [2.05, 4.69) is 13.0 Å². The molecule has 5 nitrogen and oxygen atoms in total. The molecule has 2 saturated carbocycles. The van der Waals surface area contributed by atoms with Crippen LogP contribution in [0.25, 0.3) is 0 Å². The summed E-state index contributed by atoms with van der Waals surface area (Å²) in [6.45, 7) is 2.08. The molecule has 2 N–H and O–H groups in total. The van der Waals surface area contributed by atoms with Gasteiger partial charge < -0.3 is 19.7 Å². The van der Waals surface area contributed by atoms with E-state index in [0.29, 0.717) is 12.3 Å². The Morgan fingerprint density at radius 1 is 1.31 bits per heavy atom. The Morgan fingerprint density at radius 2 is 2.07 bits per heavy atom. The minimum Gasteiger partial charge on any atom is -0.495 e. The highest BCUT2D eigenvalue weighted by atomic mass is 16.5. The van der Waals surface area contributed by atoms with Gasteiger partial charge in [0.25, 0.3) is 0 Å².